The first-order valence-corrected chi connectivity index (χ1v) is 6.87. The van der Waals surface area contributed by atoms with E-state index in [1.54, 1.807) is 0 Å². The monoisotopic (exact) mass is 299 g/mol. The van der Waals surface area contributed by atoms with Gasteiger partial charge >= 0.3 is 5.97 Å². The highest BCUT2D eigenvalue weighted by Gasteiger charge is 2.15. The number of benzene rings is 1. The number of aryl methyl sites for hydroxylation is 1. The number of nitrogens with two attached hydrogens (primary N) is 1. The van der Waals surface area contributed by atoms with Crippen LogP contribution in [0.1, 0.15) is 36.8 Å². The topological polar surface area (TPSA) is 72.5 Å². The van der Waals surface area contributed by atoms with Crippen LogP contribution in [0.3, 0.4) is 0 Å². The Labute approximate surface area is 125 Å². The van der Waals surface area contributed by atoms with Crippen LogP contribution in [0, 0.1) is 0 Å². The minimum absolute atomic E-state index is 0. The molecule has 0 saturated heterocycles. The fourth-order valence-corrected chi connectivity index (χ4v) is 2.42. The number of aliphatic carboxylic acids is 1. The highest BCUT2D eigenvalue weighted by molar-refractivity contribution is 5.85. The molecule has 1 aliphatic rings. The van der Waals surface area contributed by atoms with Gasteiger partial charge in [0.2, 0.25) is 0 Å². The van der Waals surface area contributed by atoms with Gasteiger partial charge in [-0.3, -0.25) is 4.79 Å². The van der Waals surface area contributed by atoms with Crippen molar-refractivity contribution in [2.24, 2.45) is 5.73 Å². The average Bonchev–Trinajstić information content (AvgIpc) is 2.37. The lowest BCUT2D eigenvalue weighted by Crippen LogP contribution is -2.27. The summed E-state index contributed by atoms with van der Waals surface area (Å²) >= 11 is 0. The molecular weight excluding hydrogens is 278 g/mol. The van der Waals surface area contributed by atoms with Crippen LogP contribution < -0.4 is 10.5 Å². The second-order valence-corrected chi connectivity index (χ2v) is 5.13. The van der Waals surface area contributed by atoms with Crippen LogP contribution >= 0.6 is 12.4 Å². The van der Waals surface area contributed by atoms with Gasteiger partial charge in [-0.1, -0.05) is 6.07 Å². The van der Waals surface area contributed by atoms with Gasteiger partial charge < -0.3 is 15.6 Å². The zero-order valence-corrected chi connectivity index (χ0v) is 12.3. The predicted octanol–water partition coefficient (Wildman–Crippen LogP) is 2.56. The Morgan fingerprint density at radius 3 is 2.90 bits per heavy atom. The summed E-state index contributed by atoms with van der Waals surface area (Å²) in [4.78, 5) is 10.4. The van der Waals surface area contributed by atoms with E-state index in [1.165, 1.54) is 11.1 Å². The van der Waals surface area contributed by atoms with E-state index < -0.39 is 5.97 Å². The van der Waals surface area contributed by atoms with Gasteiger partial charge in [-0.2, -0.15) is 0 Å². The second-order valence-electron chi connectivity index (χ2n) is 5.13. The molecule has 0 heterocycles. The van der Waals surface area contributed by atoms with Gasteiger partial charge in [0, 0.05) is 12.5 Å². The van der Waals surface area contributed by atoms with Crippen molar-refractivity contribution in [1.82, 2.24) is 0 Å². The van der Waals surface area contributed by atoms with Gasteiger partial charge in [-0.05, 0) is 55.4 Å². The number of fused-ring (bicyclic) bond motifs is 1. The molecule has 1 aliphatic carbocycles. The normalized spacial score (nSPS) is 16.9. The Hall–Kier alpha value is -1.26. The van der Waals surface area contributed by atoms with E-state index in [1.807, 2.05) is 6.07 Å². The number of halogens is 1. The van der Waals surface area contributed by atoms with E-state index >= 15 is 0 Å². The van der Waals surface area contributed by atoms with Crippen molar-refractivity contribution in [3.8, 4) is 5.75 Å². The summed E-state index contributed by atoms with van der Waals surface area (Å²) in [5.41, 5.74) is 8.64. The minimum atomic E-state index is -0.747. The van der Waals surface area contributed by atoms with Crippen LogP contribution in [0.2, 0.25) is 0 Å². The quantitative estimate of drug-likeness (QED) is 0.792. The Balaban J connectivity index is 0.00000200. The second kappa shape index (κ2) is 8.12. The third-order valence-corrected chi connectivity index (χ3v) is 3.50. The molecule has 0 aromatic heterocycles. The van der Waals surface area contributed by atoms with Crippen LogP contribution in [0.25, 0.3) is 0 Å². The molecule has 1 atom stereocenters. The van der Waals surface area contributed by atoms with Crippen molar-refractivity contribution in [2.45, 2.75) is 44.6 Å². The molecule has 0 fully saturated rings. The van der Waals surface area contributed by atoms with E-state index in [0.29, 0.717) is 13.0 Å². The first-order valence-electron chi connectivity index (χ1n) is 6.87. The standard InChI is InChI=1S/C15H21NO3.ClH/c16-13-6-4-11-5-7-14(10-12(11)9-13)19-8-2-1-3-15(17)18;/h5,7,10,13H,1-4,6,8-9,16H2,(H,17,18);1H/t13-;/m0./s1. The van der Waals surface area contributed by atoms with Crippen LogP contribution in [0.5, 0.6) is 5.75 Å². The van der Waals surface area contributed by atoms with Crippen LogP contribution in [0.4, 0.5) is 0 Å². The molecule has 1 aromatic carbocycles. The fourth-order valence-electron chi connectivity index (χ4n) is 2.42. The Kier molecular flexibility index (Phi) is 6.82. The first-order chi connectivity index (χ1) is 9.15. The van der Waals surface area contributed by atoms with Gasteiger partial charge in [0.15, 0.2) is 0 Å². The highest BCUT2D eigenvalue weighted by Crippen LogP contribution is 2.25. The average molecular weight is 300 g/mol. The maximum atomic E-state index is 10.4. The van der Waals surface area contributed by atoms with Crippen molar-refractivity contribution < 1.29 is 14.6 Å². The number of hydrogen-bond donors (Lipinski definition) is 2. The molecule has 0 radical (unpaired) electrons. The number of carbonyl (C=O) groups is 1. The minimum Gasteiger partial charge on any atom is -0.494 e. The van der Waals surface area contributed by atoms with Gasteiger partial charge in [-0.15, -0.1) is 12.4 Å². The van der Waals surface area contributed by atoms with Crippen molar-refractivity contribution in [1.29, 1.82) is 0 Å². The predicted molar refractivity (Wildman–Crippen MR) is 80.7 cm³/mol. The van der Waals surface area contributed by atoms with Crippen molar-refractivity contribution in [3.05, 3.63) is 29.3 Å². The summed E-state index contributed by atoms with van der Waals surface area (Å²) in [6.07, 6.45) is 4.67. The van der Waals surface area contributed by atoms with Crippen molar-refractivity contribution in [3.63, 3.8) is 0 Å². The van der Waals surface area contributed by atoms with Gasteiger partial charge in [0.05, 0.1) is 6.61 Å². The fraction of sp³-hybridized carbons (Fsp3) is 0.533. The summed E-state index contributed by atoms with van der Waals surface area (Å²) in [5, 5.41) is 8.53. The lowest BCUT2D eigenvalue weighted by molar-refractivity contribution is -0.137. The Bertz CT molecular complexity index is 451. The van der Waals surface area contributed by atoms with Crippen LogP contribution in [-0.2, 0) is 17.6 Å². The molecule has 2 rings (SSSR count). The summed E-state index contributed by atoms with van der Waals surface area (Å²) < 4.78 is 5.66. The zero-order chi connectivity index (χ0) is 13.7. The molecule has 0 unspecified atom stereocenters. The smallest absolute Gasteiger partial charge is 0.303 e. The maximum absolute atomic E-state index is 10.4. The zero-order valence-electron chi connectivity index (χ0n) is 11.5. The van der Waals surface area contributed by atoms with E-state index in [2.05, 4.69) is 12.1 Å². The lowest BCUT2D eigenvalue weighted by Gasteiger charge is -2.22. The molecule has 5 heteroatoms. The molecule has 0 spiro atoms. The summed E-state index contributed by atoms with van der Waals surface area (Å²) in [6, 6.07) is 6.45. The van der Waals surface area contributed by atoms with Gasteiger partial charge in [-0.25, -0.2) is 0 Å². The SMILES string of the molecule is Cl.N[C@H]1CCc2ccc(OCCCCC(=O)O)cc2C1. The highest BCUT2D eigenvalue weighted by atomic mass is 35.5. The number of unbranched alkanes of at least 4 members (excludes halogenated alkanes) is 1. The Morgan fingerprint density at radius 1 is 1.35 bits per heavy atom. The molecular formula is C15H22ClNO3. The van der Waals surface area contributed by atoms with E-state index in [0.717, 1.165) is 31.4 Å². The molecule has 0 amide bonds. The number of ether oxygens (including phenoxy) is 1. The number of carboxylic acid groups (broad SMARTS) is 1. The molecule has 1 aromatic rings. The molecule has 112 valence electrons. The molecule has 20 heavy (non-hydrogen) atoms. The lowest BCUT2D eigenvalue weighted by atomic mass is 9.89. The van der Waals surface area contributed by atoms with Crippen LogP contribution in [0.15, 0.2) is 18.2 Å². The Morgan fingerprint density at radius 2 is 2.15 bits per heavy atom. The van der Waals surface area contributed by atoms with Crippen molar-refractivity contribution >= 4 is 18.4 Å². The molecule has 4 nitrogen and oxygen atoms in total. The van der Waals surface area contributed by atoms with Crippen LogP contribution in [-0.4, -0.2) is 23.7 Å². The number of hydrogen-bond acceptors (Lipinski definition) is 3. The van der Waals surface area contributed by atoms with Gasteiger partial charge in [0.25, 0.3) is 0 Å². The summed E-state index contributed by atoms with van der Waals surface area (Å²) in [5.74, 6) is 0.117. The molecule has 0 aliphatic heterocycles. The number of carboxylic acids is 1. The third kappa shape index (κ3) is 5.02. The number of rotatable bonds is 6. The van der Waals surface area contributed by atoms with E-state index in [4.69, 9.17) is 15.6 Å². The van der Waals surface area contributed by atoms with E-state index in [-0.39, 0.29) is 24.9 Å². The largest absolute Gasteiger partial charge is 0.494 e. The van der Waals surface area contributed by atoms with E-state index in [9.17, 15) is 4.79 Å². The third-order valence-electron chi connectivity index (χ3n) is 3.50. The first kappa shape index (κ1) is 16.8. The maximum Gasteiger partial charge on any atom is 0.303 e. The van der Waals surface area contributed by atoms with Crippen molar-refractivity contribution in [2.75, 3.05) is 6.61 Å². The molecule has 3 N–H and O–H groups in total. The van der Waals surface area contributed by atoms with Gasteiger partial charge in [0.1, 0.15) is 5.75 Å². The molecule has 0 bridgehead atoms. The summed E-state index contributed by atoms with van der Waals surface area (Å²) in [6.45, 7) is 0.568. The molecule has 0 saturated carbocycles. The summed E-state index contributed by atoms with van der Waals surface area (Å²) in [7, 11) is 0.